The number of anilines is 2. The van der Waals surface area contributed by atoms with Crippen LogP contribution in [-0.4, -0.2) is 24.9 Å². The summed E-state index contributed by atoms with van der Waals surface area (Å²) < 4.78 is 15.5. The molecule has 0 aliphatic carbocycles. The zero-order valence-corrected chi connectivity index (χ0v) is 12.9. The number of methoxy groups -OCH3 is 1. The minimum absolute atomic E-state index is 0.226. The number of hydrogen-bond acceptors (Lipinski definition) is 6. The summed E-state index contributed by atoms with van der Waals surface area (Å²) in [5.41, 5.74) is 2.55. The third-order valence-corrected chi connectivity index (χ3v) is 3.76. The van der Waals surface area contributed by atoms with Gasteiger partial charge in [-0.1, -0.05) is 18.2 Å². The van der Waals surface area contributed by atoms with E-state index in [9.17, 15) is 4.79 Å². The fraction of sp³-hybridized carbons (Fsp3) is 0.111. The molecule has 6 heteroatoms. The highest BCUT2D eigenvalue weighted by molar-refractivity contribution is 5.98. The van der Waals surface area contributed by atoms with Gasteiger partial charge in [0.05, 0.1) is 18.3 Å². The van der Waals surface area contributed by atoms with Crippen molar-refractivity contribution in [3.63, 3.8) is 0 Å². The van der Waals surface area contributed by atoms with Gasteiger partial charge in [0.1, 0.15) is 0 Å². The number of ether oxygens (including phenoxy) is 3. The number of rotatable bonds is 3. The van der Waals surface area contributed by atoms with Crippen LogP contribution >= 0.6 is 0 Å². The maximum absolute atomic E-state index is 11.9. The average Bonchev–Trinajstić information content (AvgIpc) is 3.08. The van der Waals surface area contributed by atoms with Crippen LogP contribution in [0.25, 0.3) is 10.9 Å². The molecule has 1 aliphatic rings. The van der Waals surface area contributed by atoms with Crippen molar-refractivity contribution in [2.45, 2.75) is 0 Å². The first kappa shape index (κ1) is 14.3. The molecule has 6 nitrogen and oxygen atoms in total. The average molecular weight is 322 g/mol. The van der Waals surface area contributed by atoms with E-state index < -0.39 is 5.97 Å². The number of hydrogen-bond donors (Lipinski definition) is 1. The summed E-state index contributed by atoms with van der Waals surface area (Å²) in [5, 5.41) is 4.22. The van der Waals surface area contributed by atoms with Crippen molar-refractivity contribution in [3.05, 3.63) is 54.2 Å². The molecule has 0 radical (unpaired) electrons. The Labute approximate surface area is 138 Å². The molecule has 0 saturated carbocycles. The Morgan fingerprint density at radius 3 is 2.83 bits per heavy atom. The highest BCUT2D eigenvalue weighted by atomic mass is 16.7. The minimum Gasteiger partial charge on any atom is -0.464 e. The Kier molecular flexibility index (Phi) is 3.42. The highest BCUT2D eigenvalue weighted by Crippen LogP contribution is 2.36. The van der Waals surface area contributed by atoms with Gasteiger partial charge in [0.2, 0.25) is 6.79 Å². The van der Waals surface area contributed by atoms with Gasteiger partial charge >= 0.3 is 5.97 Å². The highest BCUT2D eigenvalue weighted by Gasteiger charge is 2.15. The first-order valence-corrected chi connectivity index (χ1v) is 7.39. The maximum atomic E-state index is 11.9. The molecule has 1 N–H and O–H groups in total. The summed E-state index contributed by atoms with van der Waals surface area (Å²) in [6.07, 6.45) is 0. The van der Waals surface area contributed by atoms with E-state index in [4.69, 9.17) is 14.2 Å². The molecule has 0 saturated heterocycles. The van der Waals surface area contributed by atoms with Crippen molar-refractivity contribution in [3.8, 4) is 11.5 Å². The number of nitrogens with one attached hydrogen (secondary N) is 1. The van der Waals surface area contributed by atoms with E-state index in [0.717, 1.165) is 22.5 Å². The maximum Gasteiger partial charge on any atom is 0.356 e. The number of aromatic nitrogens is 1. The van der Waals surface area contributed by atoms with Crippen LogP contribution < -0.4 is 14.8 Å². The number of fused-ring (bicyclic) bond motifs is 2. The predicted molar refractivity (Wildman–Crippen MR) is 88.9 cm³/mol. The van der Waals surface area contributed by atoms with Gasteiger partial charge in [0, 0.05) is 17.1 Å². The quantitative estimate of drug-likeness (QED) is 0.744. The molecular weight excluding hydrogens is 308 g/mol. The molecule has 0 fully saturated rings. The van der Waals surface area contributed by atoms with Crippen LogP contribution in [0.3, 0.4) is 0 Å². The number of benzene rings is 2. The summed E-state index contributed by atoms with van der Waals surface area (Å²) in [5.74, 6) is 0.927. The molecule has 1 aromatic heterocycles. The monoisotopic (exact) mass is 322 g/mol. The number of carbonyl (C=O) groups is 1. The van der Waals surface area contributed by atoms with Gasteiger partial charge in [0.15, 0.2) is 17.2 Å². The van der Waals surface area contributed by atoms with E-state index >= 15 is 0 Å². The topological polar surface area (TPSA) is 69.7 Å². The number of para-hydroxylation sites is 1. The fourth-order valence-corrected chi connectivity index (χ4v) is 2.62. The van der Waals surface area contributed by atoms with Crippen LogP contribution in [-0.2, 0) is 4.74 Å². The van der Waals surface area contributed by atoms with Crippen LogP contribution in [0.1, 0.15) is 10.5 Å². The van der Waals surface area contributed by atoms with E-state index in [1.165, 1.54) is 7.11 Å². The molecule has 0 unspecified atom stereocenters. The smallest absolute Gasteiger partial charge is 0.356 e. The standard InChI is InChI=1S/C18H14N2O4/c1-22-18(21)15-9-14(12-4-2-3-5-13(12)20-15)19-11-6-7-16-17(8-11)24-10-23-16/h2-9H,10H2,1H3,(H,19,20). The molecule has 0 amide bonds. The second-order valence-electron chi connectivity index (χ2n) is 5.26. The zero-order chi connectivity index (χ0) is 16.5. The van der Waals surface area contributed by atoms with Gasteiger partial charge in [-0.15, -0.1) is 0 Å². The van der Waals surface area contributed by atoms with Crippen LogP contribution in [0.15, 0.2) is 48.5 Å². The third kappa shape index (κ3) is 2.48. The molecule has 2 aromatic carbocycles. The fourth-order valence-electron chi connectivity index (χ4n) is 2.62. The molecule has 3 aromatic rings. The Balaban J connectivity index is 1.78. The van der Waals surface area contributed by atoms with Gasteiger partial charge in [-0.25, -0.2) is 9.78 Å². The molecule has 0 atom stereocenters. The van der Waals surface area contributed by atoms with Crippen molar-refractivity contribution >= 4 is 28.2 Å². The molecule has 2 heterocycles. The normalized spacial score (nSPS) is 12.2. The minimum atomic E-state index is -0.477. The summed E-state index contributed by atoms with van der Waals surface area (Å²) in [7, 11) is 1.34. The molecule has 0 bridgehead atoms. The van der Waals surface area contributed by atoms with Gasteiger partial charge in [0.25, 0.3) is 0 Å². The Morgan fingerprint density at radius 2 is 1.96 bits per heavy atom. The van der Waals surface area contributed by atoms with Crippen molar-refractivity contribution in [1.82, 2.24) is 4.98 Å². The van der Waals surface area contributed by atoms with Gasteiger partial charge in [-0.2, -0.15) is 0 Å². The predicted octanol–water partition coefficient (Wildman–Crippen LogP) is 3.49. The Hall–Kier alpha value is -3.28. The van der Waals surface area contributed by atoms with Crippen LogP contribution in [0, 0.1) is 0 Å². The third-order valence-electron chi connectivity index (χ3n) is 3.76. The largest absolute Gasteiger partial charge is 0.464 e. The lowest BCUT2D eigenvalue weighted by atomic mass is 10.1. The molecular formula is C18H14N2O4. The summed E-state index contributed by atoms with van der Waals surface area (Å²) >= 11 is 0. The molecule has 120 valence electrons. The number of pyridine rings is 1. The lowest BCUT2D eigenvalue weighted by Crippen LogP contribution is -2.05. The van der Waals surface area contributed by atoms with Gasteiger partial charge in [-0.05, 0) is 24.3 Å². The van der Waals surface area contributed by atoms with Gasteiger partial charge in [-0.3, -0.25) is 0 Å². The van der Waals surface area contributed by atoms with Crippen molar-refractivity contribution in [2.24, 2.45) is 0 Å². The SMILES string of the molecule is COC(=O)c1cc(Nc2ccc3c(c2)OCO3)c2ccccc2n1. The lowest BCUT2D eigenvalue weighted by molar-refractivity contribution is 0.0594. The molecule has 0 spiro atoms. The second kappa shape index (κ2) is 5.73. The van der Waals surface area contributed by atoms with E-state index in [1.54, 1.807) is 6.07 Å². The van der Waals surface area contributed by atoms with E-state index in [1.807, 2.05) is 42.5 Å². The Morgan fingerprint density at radius 1 is 1.12 bits per heavy atom. The summed E-state index contributed by atoms with van der Waals surface area (Å²) in [4.78, 5) is 16.2. The van der Waals surface area contributed by atoms with Crippen molar-refractivity contribution in [1.29, 1.82) is 0 Å². The zero-order valence-electron chi connectivity index (χ0n) is 12.9. The Bertz CT molecular complexity index is 939. The molecule has 1 aliphatic heterocycles. The van der Waals surface area contributed by atoms with Crippen molar-refractivity contribution in [2.75, 3.05) is 19.2 Å². The van der Waals surface area contributed by atoms with E-state index in [-0.39, 0.29) is 12.5 Å². The molecule has 24 heavy (non-hydrogen) atoms. The molecule has 4 rings (SSSR count). The van der Waals surface area contributed by atoms with Gasteiger partial charge < -0.3 is 19.5 Å². The van der Waals surface area contributed by atoms with Crippen LogP contribution in [0.4, 0.5) is 11.4 Å². The lowest BCUT2D eigenvalue weighted by Gasteiger charge is -2.12. The van der Waals surface area contributed by atoms with Crippen LogP contribution in [0.2, 0.25) is 0 Å². The first-order chi connectivity index (χ1) is 11.7. The second-order valence-corrected chi connectivity index (χ2v) is 5.26. The van der Waals surface area contributed by atoms with Crippen LogP contribution in [0.5, 0.6) is 11.5 Å². The number of esters is 1. The first-order valence-electron chi connectivity index (χ1n) is 7.39. The summed E-state index contributed by atoms with van der Waals surface area (Å²) in [6.45, 7) is 0.226. The number of carbonyl (C=O) groups excluding carboxylic acids is 1. The van der Waals surface area contributed by atoms with E-state index in [0.29, 0.717) is 11.3 Å². The van der Waals surface area contributed by atoms with E-state index in [2.05, 4.69) is 10.3 Å². The number of nitrogens with zero attached hydrogens (tertiary/aromatic N) is 1. The summed E-state index contributed by atoms with van der Waals surface area (Å²) in [6, 6.07) is 14.9. The van der Waals surface area contributed by atoms with Crippen molar-refractivity contribution < 1.29 is 19.0 Å².